The van der Waals surface area contributed by atoms with Gasteiger partial charge in [-0.2, -0.15) is 5.21 Å². The van der Waals surface area contributed by atoms with Crippen molar-refractivity contribution in [2.24, 2.45) is 0 Å². The molecule has 1 aromatic heterocycles. The van der Waals surface area contributed by atoms with Gasteiger partial charge in [0.15, 0.2) is 0 Å². The lowest BCUT2D eigenvalue weighted by Crippen LogP contribution is -2.21. The van der Waals surface area contributed by atoms with Crippen molar-refractivity contribution < 1.29 is 14.1 Å². The first-order valence-corrected chi connectivity index (χ1v) is 6.59. The second kappa shape index (κ2) is 6.36. The summed E-state index contributed by atoms with van der Waals surface area (Å²) >= 11 is 0. The molecule has 0 amide bonds. The van der Waals surface area contributed by atoms with Crippen LogP contribution in [0.4, 0.5) is 0 Å². The van der Waals surface area contributed by atoms with Crippen LogP contribution in [-0.2, 0) is 11.0 Å². The van der Waals surface area contributed by atoms with Gasteiger partial charge in [-0.25, -0.2) is 8.93 Å². The highest BCUT2D eigenvalue weighted by molar-refractivity contribution is 7.83. The van der Waals surface area contributed by atoms with Crippen LogP contribution in [-0.4, -0.2) is 50.2 Å². The Morgan fingerprint density at radius 3 is 3.00 bits per heavy atom. The zero-order chi connectivity index (χ0) is 13.7. The number of ether oxygens (including phenoxy) is 1. The number of H-pyrrole nitrogens is 1. The lowest BCUT2D eigenvalue weighted by Gasteiger charge is -2.09. The van der Waals surface area contributed by atoms with Crippen LogP contribution in [0.1, 0.15) is 0 Å². The number of aromatic amines is 1. The van der Waals surface area contributed by atoms with Crippen molar-refractivity contribution in [2.45, 2.75) is 4.90 Å². The van der Waals surface area contributed by atoms with Gasteiger partial charge < -0.3 is 9.84 Å². The summed E-state index contributed by atoms with van der Waals surface area (Å²) in [6.07, 6.45) is 0. The third-order valence-electron chi connectivity index (χ3n) is 2.31. The zero-order valence-electron chi connectivity index (χ0n) is 10.2. The highest BCUT2D eigenvalue weighted by Crippen LogP contribution is 2.26. The second-order valence-electron chi connectivity index (χ2n) is 3.49. The third kappa shape index (κ3) is 3.13. The molecule has 2 rings (SSSR count). The standard InChI is InChI=1S/C10H13N5O3S/c1-18-8-6-7(10-12-14-15-13-10)2-3-9(8)19(17)11-4-5-16/h2-3,6,11,16H,4-5H2,1H3,(H,12,13,14,15). The van der Waals surface area contributed by atoms with E-state index in [4.69, 9.17) is 9.84 Å². The van der Waals surface area contributed by atoms with Gasteiger partial charge in [-0.15, -0.1) is 10.2 Å². The fourth-order valence-electron chi connectivity index (χ4n) is 1.46. The van der Waals surface area contributed by atoms with Gasteiger partial charge in [0.2, 0.25) is 5.82 Å². The quantitative estimate of drug-likeness (QED) is 0.657. The molecule has 0 spiro atoms. The number of tetrazole rings is 1. The summed E-state index contributed by atoms with van der Waals surface area (Å²) < 4.78 is 19.8. The van der Waals surface area contributed by atoms with E-state index in [-0.39, 0.29) is 13.2 Å². The van der Waals surface area contributed by atoms with Crippen LogP contribution in [0.5, 0.6) is 5.75 Å². The Balaban J connectivity index is 2.29. The number of hydrogen-bond donors (Lipinski definition) is 3. The van der Waals surface area contributed by atoms with Gasteiger partial charge >= 0.3 is 0 Å². The molecule has 0 saturated carbocycles. The maximum atomic E-state index is 11.9. The van der Waals surface area contributed by atoms with Gasteiger partial charge in [0.05, 0.1) is 18.6 Å². The van der Waals surface area contributed by atoms with E-state index in [1.165, 1.54) is 7.11 Å². The van der Waals surface area contributed by atoms with Gasteiger partial charge in [0.1, 0.15) is 16.7 Å². The van der Waals surface area contributed by atoms with Gasteiger partial charge in [-0.3, -0.25) is 0 Å². The second-order valence-corrected chi connectivity index (χ2v) is 4.75. The average Bonchev–Trinajstić information content (AvgIpc) is 2.98. The van der Waals surface area contributed by atoms with Crippen molar-refractivity contribution in [3.8, 4) is 17.1 Å². The topological polar surface area (TPSA) is 113 Å². The number of nitrogens with one attached hydrogen (secondary N) is 2. The number of aromatic nitrogens is 4. The van der Waals surface area contributed by atoms with E-state index in [0.717, 1.165) is 0 Å². The Bertz CT molecular complexity index is 560. The van der Waals surface area contributed by atoms with E-state index in [0.29, 0.717) is 22.0 Å². The summed E-state index contributed by atoms with van der Waals surface area (Å²) in [4.78, 5) is 0.489. The van der Waals surface area contributed by atoms with Crippen LogP contribution in [0.3, 0.4) is 0 Å². The lowest BCUT2D eigenvalue weighted by atomic mass is 10.2. The van der Waals surface area contributed by atoms with Gasteiger partial charge in [0.25, 0.3) is 0 Å². The number of aliphatic hydroxyl groups excluding tert-OH is 1. The SMILES string of the molecule is COc1cc(-c2nn[nH]n2)ccc1S(=O)NCCO. The Labute approximate surface area is 111 Å². The number of methoxy groups -OCH3 is 1. The van der Waals surface area contributed by atoms with Crippen molar-refractivity contribution in [3.63, 3.8) is 0 Å². The summed E-state index contributed by atoms with van der Waals surface area (Å²) in [5.41, 5.74) is 0.702. The monoisotopic (exact) mass is 283 g/mol. The maximum Gasteiger partial charge on any atom is 0.204 e. The average molecular weight is 283 g/mol. The molecule has 1 unspecified atom stereocenters. The Kier molecular flexibility index (Phi) is 4.55. The van der Waals surface area contributed by atoms with E-state index in [1.54, 1.807) is 18.2 Å². The van der Waals surface area contributed by atoms with Crippen LogP contribution < -0.4 is 9.46 Å². The normalized spacial score (nSPS) is 12.3. The fraction of sp³-hybridized carbons (Fsp3) is 0.300. The smallest absolute Gasteiger partial charge is 0.204 e. The van der Waals surface area contributed by atoms with E-state index in [9.17, 15) is 4.21 Å². The first kappa shape index (κ1) is 13.6. The first-order chi connectivity index (χ1) is 9.26. The van der Waals surface area contributed by atoms with E-state index < -0.39 is 11.0 Å². The van der Waals surface area contributed by atoms with Crippen LogP contribution >= 0.6 is 0 Å². The Morgan fingerprint density at radius 1 is 1.53 bits per heavy atom. The number of benzene rings is 1. The lowest BCUT2D eigenvalue weighted by molar-refractivity contribution is 0.302. The zero-order valence-corrected chi connectivity index (χ0v) is 11.0. The number of hydrogen-bond acceptors (Lipinski definition) is 6. The molecular formula is C10H13N5O3S. The molecule has 1 aromatic carbocycles. The molecule has 3 N–H and O–H groups in total. The summed E-state index contributed by atoms with van der Waals surface area (Å²) in [6, 6.07) is 5.06. The molecule has 0 radical (unpaired) electrons. The highest BCUT2D eigenvalue weighted by atomic mass is 32.2. The predicted octanol–water partition coefficient (Wildman–Crippen LogP) is -0.520. The number of nitrogens with zero attached hydrogens (tertiary/aromatic N) is 3. The minimum Gasteiger partial charge on any atom is -0.495 e. The molecule has 0 bridgehead atoms. The molecule has 9 heteroatoms. The van der Waals surface area contributed by atoms with Crippen LogP contribution in [0, 0.1) is 0 Å². The minimum absolute atomic E-state index is 0.0883. The van der Waals surface area contributed by atoms with Crippen molar-refractivity contribution in [3.05, 3.63) is 18.2 Å². The van der Waals surface area contributed by atoms with Crippen LogP contribution in [0.15, 0.2) is 23.1 Å². The van der Waals surface area contributed by atoms with Crippen molar-refractivity contribution in [2.75, 3.05) is 20.3 Å². The molecule has 0 aliphatic rings. The van der Waals surface area contributed by atoms with Crippen LogP contribution in [0.2, 0.25) is 0 Å². The molecule has 0 fully saturated rings. The van der Waals surface area contributed by atoms with Crippen molar-refractivity contribution >= 4 is 11.0 Å². The summed E-state index contributed by atoms with van der Waals surface area (Å²) in [6.45, 7) is 0.150. The molecule has 8 nitrogen and oxygen atoms in total. The van der Waals surface area contributed by atoms with E-state index in [1.807, 2.05) is 0 Å². The molecule has 19 heavy (non-hydrogen) atoms. The molecule has 102 valence electrons. The highest BCUT2D eigenvalue weighted by Gasteiger charge is 2.13. The van der Waals surface area contributed by atoms with Crippen molar-refractivity contribution in [1.82, 2.24) is 25.3 Å². The molecule has 1 heterocycles. The van der Waals surface area contributed by atoms with E-state index in [2.05, 4.69) is 25.3 Å². The third-order valence-corrected chi connectivity index (χ3v) is 3.51. The fourth-order valence-corrected chi connectivity index (χ4v) is 2.41. The molecule has 0 saturated heterocycles. The molecule has 0 aliphatic heterocycles. The molecular weight excluding hydrogens is 270 g/mol. The summed E-state index contributed by atoms with van der Waals surface area (Å²) in [5.74, 6) is 0.880. The Hall–Kier alpha value is -1.84. The number of rotatable bonds is 6. The van der Waals surface area contributed by atoms with Crippen molar-refractivity contribution in [1.29, 1.82) is 0 Å². The summed E-state index contributed by atoms with van der Waals surface area (Å²) in [5, 5.41) is 22.3. The van der Waals surface area contributed by atoms with E-state index >= 15 is 0 Å². The summed E-state index contributed by atoms with van der Waals surface area (Å²) in [7, 11) is 0.0391. The molecule has 0 aliphatic carbocycles. The maximum absolute atomic E-state index is 11.9. The van der Waals surface area contributed by atoms with Gasteiger partial charge in [0, 0.05) is 12.1 Å². The van der Waals surface area contributed by atoms with Gasteiger partial charge in [-0.1, -0.05) is 0 Å². The Morgan fingerprint density at radius 2 is 2.37 bits per heavy atom. The molecule has 2 aromatic rings. The van der Waals surface area contributed by atoms with Crippen LogP contribution in [0.25, 0.3) is 11.4 Å². The molecule has 1 atom stereocenters. The largest absolute Gasteiger partial charge is 0.495 e. The predicted molar refractivity (Wildman–Crippen MR) is 67.7 cm³/mol. The minimum atomic E-state index is -1.45. The number of aliphatic hydroxyl groups is 1. The van der Waals surface area contributed by atoms with Gasteiger partial charge in [-0.05, 0) is 23.4 Å². The first-order valence-electron chi connectivity index (χ1n) is 5.44.